The van der Waals surface area contributed by atoms with Crippen LogP contribution in [0.2, 0.25) is 5.02 Å². The molecule has 5 rings (SSSR count). The highest BCUT2D eigenvalue weighted by atomic mass is 35.5. The molecule has 0 bridgehead atoms. The number of aromatic nitrogens is 2. The van der Waals surface area contributed by atoms with Crippen molar-refractivity contribution in [1.82, 2.24) is 15.3 Å². The van der Waals surface area contributed by atoms with Crippen LogP contribution >= 0.6 is 11.6 Å². The van der Waals surface area contributed by atoms with Crippen LogP contribution in [-0.2, 0) is 23.4 Å². The average Bonchev–Trinajstić information content (AvgIpc) is 3.22. The van der Waals surface area contributed by atoms with Crippen molar-refractivity contribution in [3.05, 3.63) is 124 Å². The normalized spacial score (nSPS) is 16.2. The lowest BCUT2D eigenvalue weighted by Crippen LogP contribution is -2.54. The van der Waals surface area contributed by atoms with Crippen LogP contribution in [-0.4, -0.2) is 23.0 Å². The van der Waals surface area contributed by atoms with Gasteiger partial charge in [-0.05, 0) is 65.6 Å². The standard InChI is InChI=1S/C33H32ClFN4O2/c1-20(2)30-37-22(4)29-21(3)33(25-10-14-27(35)15-11-25,32(40)36-18-23-8-16-28(41-5)17-9-23)39(31(29)38-30)19-24-6-12-26(34)13-7-24/h6-17,20H,3,18-19H2,1-2,4-5H3,(H,36,40). The Morgan fingerprint density at radius 3 is 2.27 bits per heavy atom. The van der Waals surface area contributed by atoms with E-state index in [1.807, 2.05) is 74.2 Å². The lowest BCUT2D eigenvalue weighted by molar-refractivity contribution is -0.124. The minimum atomic E-state index is -1.42. The van der Waals surface area contributed by atoms with Crippen molar-refractivity contribution < 1.29 is 13.9 Å². The molecule has 0 spiro atoms. The summed E-state index contributed by atoms with van der Waals surface area (Å²) in [5.41, 5.74) is 2.96. The first-order chi connectivity index (χ1) is 19.6. The molecule has 0 saturated heterocycles. The van der Waals surface area contributed by atoms with Gasteiger partial charge in [0.05, 0.1) is 12.8 Å². The summed E-state index contributed by atoms with van der Waals surface area (Å²) in [6.45, 7) is 11.0. The molecule has 1 atom stereocenters. The SMILES string of the molecule is C=C1c2c(C)nc(C(C)C)nc2N(Cc2ccc(Cl)cc2)C1(C(=O)NCc1ccc(OC)cc1)c1ccc(F)cc1. The predicted octanol–water partition coefficient (Wildman–Crippen LogP) is 6.95. The van der Waals surface area contributed by atoms with Gasteiger partial charge in [0.2, 0.25) is 0 Å². The van der Waals surface area contributed by atoms with E-state index in [-0.39, 0.29) is 18.4 Å². The Hall–Kier alpha value is -4.23. The Balaban J connectivity index is 1.68. The number of rotatable bonds is 8. The number of nitrogens with one attached hydrogen (secondary N) is 1. The highest BCUT2D eigenvalue weighted by Crippen LogP contribution is 2.53. The molecule has 1 aliphatic rings. The third-order valence-electron chi connectivity index (χ3n) is 7.46. The topological polar surface area (TPSA) is 67.4 Å². The first-order valence-electron chi connectivity index (χ1n) is 13.4. The molecular weight excluding hydrogens is 539 g/mol. The fourth-order valence-corrected chi connectivity index (χ4v) is 5.45. The Bertz CT molecular complexity index is 1590. The highest BCUT2D eigenvalue weighted by molar-refractivity contribution is 6.30. The molecule has 210 valence electrons. The minimum absolute atomic E-state index is 0.0642. The van der Waals surface area contributed by atoms with E-state index in [9.17, 15) is 9.18 Å². The number of nitrogens with zero attached hydrogens (tertiary/aromatic N) is 3. The van der Waals surface area contributed by atoms with Gasteiger partial charge in [0.25, 0.3) is 5.91 Å². The van der Waals surface area contributed by atoms with Gasteiger partial charge >= 0.3 is 0 Å². The zero-order valence-electron chi connectivity index (χ0n) is 23.5. The summed E-state index contributed by atoms with van der Waals surface area (Å²) in [5, 5.41) is 3.75. The third-order valence-corrected chi connectivity index (χ3v) is 7.71. The molecule has 0 aliphatic carbocycles. The van der Waals surface area contributed by atoms with Gasteiger partial charge in [-0.3, -0.25) is 4.79 Å². The fourth-order valence-electron chi connectivity index (χ4n) is 5.32. The summed E-state index contributed by atoms with van der Waals surface area (Å²) < 4.78 is 19.5. The van der Waals surface area contributed by atoms with Crippen molar-refractivity contribution in [1.29, 1.82) is 0 Å². The number of methoxy groups -OCH3 is 1. The first-order valence-corrected chi connectivity index (χ1v) is 13.8. The molecule has 1 N–H and O–H groups in total. The maximum absolute atomic E-state index is 14.6. The molecule has 1 unspecified atom stereocenters. The van der Waals surface area contributed by atoms with Crippen molar-refractivity contribution in [3.63, 3.8) is 0 Å². The van der Waals surface area contributed by atoms with Crippen molar-refractivity contribution in [2.75, 3.05) is 12.0 Å². The number of hydrogen-bond acceptors (Lipinski definition) is 5. The minimum Gasteiger partial charge on any atom is -0.497 e. The van der Waals surface area contributed by atoms with Gasteiger partial charge in [0.15, 0.2) is 5.54 Å². The van der Waals surface area contributed by atoms with Gasteiger partial charge in [0.1, 0.15) is 23.2 Å². The molecular formula is C33H32ClFN4O2. The molecule has 41 heavy (non-hydrogen) atoms. The smallest absolute Gasteiger partial charge is 0.255 e. The zero-order chi connectivity index (χ0) is 29.3. The highest BCUT2D eigenvalue weighted by Gasteiger charge is 2.55. The number of amides is 1. The van der Waals surface area contributed by atoms with E-state index in [2.05, 4.69) is 11.9 Å². The quantitative estimate of drug-likeness (QED) is 0.248. The average molecular weight is 571 g/mol. The van der Waals surface area contributed by atoms with E-state index < -0.39 is 11.4 Å². The van der Waals surface area contributed by atoms with E-state index in [4.69, 9.17) is 26.3 Å². The Morgan fingerprint density at radius 1 is 1.02 bits per heavy atom. The molecule has 4 aromatic rings. The first kappa shape index (κ1) is 28.3. The van der Waals surface area contributed by atoms with Crippen molar-refractivity contribution >= 4 is 28.9 Å². The van der Waals surface area contributed by atoms with Crippen molar-refractivity contribution in [2.45, 2.75) is 45.3 Å². The number of hydrogen-bond donors (Lipinski definition) is 1. The maximum atomic E-state index is 14.6. The molecule has 1 aliphatic heterocycles. The van der Waals surface area contributed by atoms with Crippen LogP contribution in [0.4, 0.5) is 10.2 Å². The van der Waals surface area contributed by atoms with E-state index in [0.29, 0.717) is 39.9 Å². The monoisotopic (exact) mass is 570 g/mol. The van der Waals surface area contributed by atoms with Crippen LogP contribution in [0.25, 0.3) is 5.57 Å². The van der Waals surface area contributed by atoms with Gasteiger partial charge in [-0.15, -0.1) is 0 Å². The van der Waals surface area contributed by atoms with Gasteiger partial charge in [-0.1, -0.05) is 68.4 Å². The lowest BCUT2D eigenvalue weighted by Gasteiger charge is -2.39. The molecule has 0 radical (unpaired) electrons. The number of halogens is 2. The Labute approximate surface area is 244 Å². The number of anilines is 1. The van der Waals surface area contributed by atoms with Gasteiger partial charge < -0.3 is 15.0 Å². The fraction of sp³-hybridized carbons (Fsp3) is 0.242. The van der Waals surface area contributed by atoms with Gasteiger partial charge in [-0.25, -0.2) is 14.4 Å². The van der Waals surface area contributed by atoms with E-state index in [1.54, 1.807) is 19.2 Å². The second-order valence-corrected chi connectivity index (χ2v) is 10.9. The second-order valence-electron chi connectivity index (χ2n) is 10.5. The maximum Gasteiger partial charge on any atom is 0.255 e. The molecule has 2 heterocycles. The number of aryl methyl sites for hydroxylation is 1. The summed E-state index contributed by atoms with van der Waals surface area (Å²) in [5.74, 6) is 1.38. The van der Waals surface area contributed by atoms with Crippen molar-refractivity contribution in [2.24, 2.45) is 0 Å². The van der Waals surface area contributed by atoms with Crippen LogP contribution < -0.4 is 15.0 Å². The van der Waals surface area contributed by atoms with Crippen LogP contribution in [0.1, 0.15) is 53.5 Å². The number of ether oxygens (including phenoxy) is 1. The predicted molar refractivity (Wildman–Crippen MR) is 160 cm³/mol. The van der Waals surface area contributed by atoms with Gasteiger partial charge in [0, 0.05) is 29.6 Å². The summed E-state index contributed by atoms with van der Waals surface area (Å²) in [4.78, 5) is 26.3. The van der Waals surface area contributed by atoms with Crippen LogP contribution in [0, 0.1) is 12.7 Å². The molecule has 6 nitrogen and oxygen atoms in total. The Kier molecular flexibility index (Phi) is 7.82. The number of carbonyl (C=O) groups is 1. The molecule has 1 aromatic heterocycles. The lowest BCUT2D eigenvalue weighted by atomic mass is 9.80. The number of fused-ring (bicyclic) bond motifs is 1. The van der Waals surface area contributed by atoms with Gasteiger partial charge in [-0.2, -0.15) is 0 Å². The molecule has 0 fully saturated rings. The molecule has 1 amide bonds. The van der Waals surface area contributed by atoms with Crippen LogP contribution in [0.3, 0.4) is 0 Å². The van der Waals surface area contributed by atoms with E-state index in [0.717, 1.165) is 22.6 Å². The van der Waals surface area contributed by atoms with Crippen molar-refractivity contribution in [3.8, 4) is 5.75 Å². The van der Waals surface area contributed by atoms with E-state index in [1.165, 1.54) is 12.1 Å². The number of benzene rings is 3. The second kappa shape index (κ2) is 11.3. The molecule has 3 aromatic carbocycles. The van der Waals surface area contributed by atoms with Crippen LogP contribution in [0.15, 0.2) is 79.4 Å². The van der Waals surface area contributed by atoms with Crippen LogP contribution in [0.5, 0.6) is 5.75 Å². The largest absolute Gasteiger partial charge is 0.497 e. The molecule has 8 heteroatoms. The summed E-state index contributed by atoms with van der Waals surface area (Å²) >= 11 is 6.19. The molecule has 0 saturated carbocycles. The third kappa shape index (κ3) is 5.18. The summed E-state index contributed by atoms with van der Waals surface area (Å²) in [6, 6.07) is 21.0. The summed E-state index contributed by atoms with van der Waals surface area (Å²) in [6.07, 6.45) is 0. The number of carbonyl (C=O) groups excluding carboxylic acids is 1. The Morgan fingerprint density at radius 2 is 1.66 bits per heavy atom. The summed E-state index contributed by atoms with van der Waals surface area (Å²) in [7, 11) is 1.61. The zero-order valence-corrected chi connectivity index (χ0v) is 24.3. The van der Waals surface area contributed by atoms with E-state index >= 15 is 0 Å².